The number of hydrogen-bond acceptors (Lipinski definition) is 5. The first-order chi connectivity index (χ1) is 11.8. The van der Waals surface area contributed by atoms with Gasteiger partial charge in [0.1, 0.15) is 6.23 Å². The number of hydrogen-bond donors (Lipinski definition) is 2. The largest absolute Gasteiger partial charge is 0.362 e. The third kappa shape index (κ3) is 5.95. The first-order valence-electron chi connectivity index (χ1n) is 10.4. The second-order valence-corrected chi connectivity index (χ2v) is 7.96. The number of likely N-dealkylation sites (tertiary alicyclic amines) is 2. The highest BCUT2D eigenvalue weighted by Gasteiger charge is 2.25. The Morgan fingerprint density at radius 3 is 2.46 bits per heavy atom. The van der Waals surface area contributed by atoms with Crippen LogP contribution in [0.15, 0.2) is 0 Å². The van der Waals surface area contributed by atoms with Crippen molar-refractivity contribution in [2.45, 2.75) is 76.1 Å². The van der Waals surface area contributed by atoms with Crippen LogP contribution in [0.5, 0.6) is 0 Å². The first kappa shape index (κ1) is 18.6. The van der Waals surface area contributed by atoms with Crippen molar-refractivity contribution in [3.8, 4) is 0 Å². The summed E-state index contributed by atoms with van der Waals surface area (Å²) in [6.45, 7) is 8.08. The quantitative estimate of drug-likeness (QED) is 0.693. The zero-order chi connectivity index (χ0) is 16.6. The number of nitrogens with one attached hydrogen (secondary N) is 1. The monoisotopic (exact) mass is 338 g/mol. The summed E-state index contributed by atoms with van der Waals surface area (Å²) in [5.41, 5.74) is 6.15. The summed E-state index contributed by atoms with van der Waals surface area (Å²) in [6.07, 6.45) is 11.6. The summed E-state index contributed by atoms with van der Waals surface area (Å²) in [5, 5.41) is 3.55. The summed E-state index contributed by atoms with van der Waals surface area (Å²) in [7, 11) is 0. The Balaban J connectivity index is 1.25. The maximum atomic E-state index is 6.15. The Bertz CT molecular complexity index is 334. The minimum absolute atomic E-state index is 0.105. The third-order valence-corrected chi connectivity index (χ3v) is 6.13. The Morgan fingerprint density at radius 1 is 0.958 bits per heavy atom. The van der Waals surface area contributed by atoms with Gasteiger partial charge in [0.15, 0.2) is 0 Å². The van der Waals surface area contributed by atoms with Crippen LogP contribution in [0.4, 0.5) is 0 Å². The highest BCUT2D eigenvalue weighted by atomic mass is 16.5. The van der Waals surface area contributed by atoms with E-state index in [-0.39, 0.29) is 6.23 Å². The van der Waals surface area contributed by atoms with Gasteiger partial charge in [-0.25, -0.2) is 0 Å². The van der Waals surface area contributed by atoms with Gasteiger partial charge in [0.2, 0.25) is 0 Å². The molecular weight excluding hydrogens is 300 g/mol. The Morgan fingerprint density at radius 2 is 1.75 bits per heavy atom. The van der Waals surface area contributed by atoms with E-state index in [1.165, 1.54) is 77.5 Å². The number of rotatable bonds is 7. The van der Waals surface area contributed by atoms with Gasteiger partial charge >= 0.3 is 0 Å². The van der Waals surface area contributed by atoms with Crippen LogP contribution in [0.1, 0.15) is 57.8 Å². The lowest BCUT2D eigenvalue weighted by Crippen LogP contribution is -2.47. The van der Waals surface area contributed by atoms with Crippen LogP contribution in [-0.4, -0.2) is 74.0 Å². The maximum absolute atomic E-state index is 6.15. The second kappa shape index (κ2) is 10.1. The molecule has 2 unspecified atom stereocenters. The van der Waals surface area contributed by atoms with Crippen LogP contribution < -0.4 is 11.1 Å². The molecule has 0 aliphatic carbocycles. The fourth-order valence-corrected chi connectivity index (χ4v) is 4.60. The van der Waals surface area contributed by atoms with Crippen LogP contribution in [0.25, 0.3) is 0 Å². The summed E-state index contributed by atoms with van der Waals surface area (Å²) < 4.78 is 5.88. The van der Waals surface area contributed by atoms with Crippen molar-refractivity contribution in [1.29, 1.82) is 0 Å². The summed E-state index contributed by atoms with van der Waals surface area (Å²) >= 11 is 0. The van der Waals surface area contributed by atoms with E-state index < -0.39 is 0 Å². The van der Waals surface area contributed by atoms with Crippen molar-refractivity contribution in [1.82, 2.24) is 15.1 Å². The first-order valence-corrected chi connectivity index (χ1v) is 10.4. The standard InChI is InChI=1S/C19H38N4O/c20-19(16-17-6-2-3-9-21-17)24-15-14-22-12-7-18(8-13-22)23-10-4-1-5-11-23/h17-19,21H,1-16,20H2. The van der Waals surface area contributed by atoms with Gasteiger partial charge in [0, 0.05) is 25.0 Å². The lowest BCUT2D eigenvalue weighted by molar-refractivity contribution is 0.0186. The van der Waals surface area contributed by atoms with Crippen molar-refractivity contribution in [2.24, 2.45) is 5.73 Å². The van der Waals surface area contributed by atoms with Crippen LogP contribution in [-0.2, 0) is 4.74 Å². The van der Waals surface area contributed by atoms with Crippen molar-refractivity contribution >= 4 is 0 Å². The molecule has 0 aromatic carbocycles. The minimum Gasteiger partial charge on any atom is -0.362 e. The zero-order valence-corrected chi connectivity index (χ0v) is 15.4. The third-order valence-electron chi connectivity index (χ3n) is 6.13. The molecule has 0 amide bonds. The second-order valence-electron chi connectivity index (χ2n) is 7.96. The van der Waals surface area contributed by atoms with Crippen molar-refractivity contribution in [2.75, 3.05) is 45.9 Å². The minimum atomic E-state index is -0.105. The molecule has 5 nitrogen and oxygen atoms in total. The molecule has 3 aliphatic heterocycles. The molecular formula is C19H38N4O. The van der Waals surface area contributed by atoms with E-state index in [9.17, 15) is 0 Å². The molecule has 24 heavy (non-hydrogen) atoms. The van der Waals surface area contributed by atoms with E-state index in [4.69, 9.17) is 10.5 Å². The van der Waals surface area contributed by atoms with Crippen LogP contribution >= 0.6 is 0 Å². The van der Waals surface area contributed by atoms with Crippen LogP contribution in [0.3, 0.4) is 0 Å². The van der Waals surface area contributed by atoms with Crippen LogP contribution in [0.2, 0.25) is 0 Å². The van der Waals surface area contributed by atoms with Gasteiger partial charge in [0.05, 0.1) is 6.61 Å². The molecule has 0 spiro atoms. The molecule has 0 saturated carbocycles. The van der Waals surface area contributed by atoms with E-state index in [1.807, 2.05) is 0 Å². The molecule has 3 heterocycles. The molecule has 5 heteroatoms. The van der Waals surface area contributed by atoms with Gasteiger partial charge in [0.25, 0.3) is 0 Å². The number of nitrogens with two attached hydrogens (primary N) is 1. The summed E-state index contributed by atoms with van der Waals surface area (Å²) in [5.74, 6) is 0. The number of piperidine rings is 3. The predicted octanol–water partition coefficient (Wildman–Crippen LogP) is 1.77. The molecule has 3 fully saturated rings. The van der Waals surface area contributed by atoms with Crippen molar-refractivity contribution in [3.63, 3.8) is 0 Å². The Labute approximate surface area is 148 Å². The van der Waals surface area contributed by atoms with Crippen LogP contribution in [0, 0.1) is 0 Å². The van der Waals surface area contributed by atoms with Crippen molar-refractivity contribution < 1.29 is 4.74 Å². The molecule has 0 radical (unpaired) electrons. The number of nitrogens with zero attached hydrogens (tertiary/aromatic N) is 2. The van der Waals surface area contributed by atoms with Crippen molar-refractivity contribution in [3.05, 3.63) is 0 Å². The summed E-state index contributed by atoms with van der Waals surface area (Å²) in [4.78, 5) is 5.30. The van der Waals surface area contributed by atoms with E-state index in [0.29, 0.717) is 6.04 Å². The highest BCUT2D eigenvalue weighted by Crippen LogP contribution is 2.20. The molecule has 3 aliphatic rings. The fourth-order valence-electron chi connectivity index (χ4n) is 4.60. The normalized spacial score (nSPS) is 29.6. The van der Waals surface area contributed by atoms with Gasteiger partial charge in [-0.1, -0.05) is 12.8 Å². The average Bonchev–Trinajstić information content (AvgIpc) is 2.64. The lowest BCUT2D eigenvalue weighted by Gasteiger charge is -2.40. The smallest absolute Gasteiger partial charge is 0.107 e. The Hall–Kier alpha value is -0.200. The van der Waals surface area contributed by atoms with E-state index in [1.54, 1.807) is 0 Å². The SMILES string of the molecule is NC(CC1CCCCN1)OCCN1CCC(N2CCCCC2)CC1. The molecule has 3 rings (SSSR count). The average molecular weight is 339 g/mol. The topological polar surface area (TPSA) is 53.8 Å². The molecule has 140 valence electrons. The molecule has 0 aromatic rings. The molecule has 2 atom stereocenters. The number of ether oxygens (including phenoxy) is 1. The highest BCUT2D eigenvalue weighted by molar-refractivity contribution is 4.81. The molecule has 0 bridgehead atoms. The molecule has 0 aromatic heterocycles. The lowest BCUT2D eigenvalue weighted by atomic mass is 10.00. The molecule has 3 saturated heterocycles. The van der Waals surface area contributed by atoms with E-state index in [2.05, 4.69) is 15.1 Å². The fraction of sp³-hybridized carbons (Fsp3) is 1.00. The molecule has 3 N–H and O–H groups in total. The van der Waals surface area contributed by atoms with E-state index >= 15 is 0 Å². The predicted molar refractivity (Wildman–Crippen MR) is 99.1 cm³/mol. The van der Waals surface area contributed by atoms with Gasteiger partial charge in [-0.2, -0.15) is 0 Å². The van der Waals surface area contributed by atoms with Gasteiger partial charge in [-0.3, -0.25) is 0 Å². The summed E-state index contributed by atoms with van der Waals surface area (Å²) in [6, 6.07) is 1.40. The maximum Gasteiger partial charge on any atom is 0.107 e. The Kier molecular flexibility index (Phi) is 7.80. The van der Waals surface area contributed by atoms with Gasteiger partial charge < -0.3 is 25.6 Å². The van der Waals surface area contributed by atoms with E-state index in [0.717, 1.165) is 32.2 Å². The zero-order valence-electron chi connectivity index (χ0n) is 15.4. The van der Waals surface area contributed by atoms with Gasteiger partial charge in [-0.05, 0) is 71.2 Å². The van der Waals surface area contributed by atoms with Gasteiger partial charge in [-0.15, -0.1) is 0 Å².